The molecule has 1 heterocycles. The number of carbonyl (C=O) groups excluding carboxylic acids is 1. The Hall–Kier alpha value is -2.13. The van der Waals surface area contributed by atoms with Gasteiger partial charge in [0.25, 0.3) is 5.91 Å². The largest absolute Gasteiger partial charge is 0.316 e. The molecule has 1 aliphatic rings. The molecule has 96 valence electrons. The topological polar surface area (TPSA) is 32.3 Å². The molecule has 1 N–H and O–H groups in total. The summed E-state index contributed by atoms with van der Waals surface area (Å²) in [5.41, 5.74) is 2.79. The van der Waals surface area contributed by atoms with Gasteiger partial charge in [0.05, 0.1) is 5.69 Å². The lowest BCUT2D eigenvalue weighted by atomic mass is 10.1. The molecule has 2 aromatic carbocycles. The SMILES string of the molecule is C=C(CNC)CN1C(=O)c2cccc3cccc1c23. The van der Waals surface area contributed by atoms with Crippen LogP contribution in [0, 0.1) is 0 Å². The smallest absolute Gasteiger partial charge is 0.259 e. The second-order valence-electron chi connectivity index (χ2n) is 4.85. The maximum Gasteiger partial charge on any atom is 0.259 e. The zero-order chi connectivity index (χ0) is 13.4. The van der Waals surface area contributed by atoms with E-state index >= 15 is 0 Å². The van der Waals surface area contributed by atoms with Crippen LogP contribution >= 0.6 is 0 Å². The van der Waals surface area contributed by atoms with Crippen molar-refractivity contribution in [1.29, 1.82) is 0 Å². The first-order valence-corrected chi connectivity index (χ1v) is 6.37. The molecule has 2 aromatic rings. The molecule has 0 aliphatic carbocycles. The number of nitrogens with one attached hydrogen (secondary N) is 1. The van der Waals surface area contributed by atoms with Crippen molar-refractivity contribution in [1.82, 2.24) is 5.32 Å². The molecule has 0 saturated carbocycles. The fraction of sp³-hybridized carbons (Fsp3) is 0.188. The molecular weight excluding hydrogens is 236 g/mol. The first kappa shape index (κ1) is 11.9. The fourth-order valence-electron chi connectivity index (χ4n) is 2.67. The van der Waals surface area contributed by atoms with Crippen LogP contribution in [0.25, 0.3) is 10.8 Å². The number of carbonyl (C=O) groups is 1. The van der Waals surface area contributed by atoms with Crippen LogP contribution in [-0.4, -0.2) is 26.0 Å². The second-order valence-corrected chi connectivity index (χ2v) is 4.85. The highest BCUT2D eigenvalue weighted by Crippen LogP contribution is 2.37. The van der Waals surface area contributed by atoms with Gasteiger partial charge in [0, 0.05) is 24.0 Å². The van der Waals surface area contributed by atoms with E-state index in [-0.39, 0.29) is 5.91 Å². The van der Waals surface area contributed by atoms with Crippen LogP contribution in [0.2, 0.25) is 0 Å². The van der Waals surface area contributed by atoms with Crippen molar-refractivity contribution in [2.75, 3.05) is 25.0 Å². The highest BCUT2D eigenvalue weighted by Gasteiger charge is 2.29. The van der Waals surface area contributed by atoms with Gasteiger partial charge >= 0.3 is 0 Å². The Morgan fingerprint density at radius 1 is 1.26 bits per heavy atom. The molecule has 0 atom stereocenters. The number of hydrogen-bond donors (Lipinski definition) is 1. The average Bonchev–Trinajstić information content (AvgIpc) is 2.68. The summed E-state index contributed by atoms with van der Waals surface area (Å²) in [6, 6.07) is 11.9. The van der Waals surface area contributed by atoms with Crippen LogP contribution < -0.4 is 10.2 Å². The van der Waals surface area contributed by atoms with E-state index in [0.717, 1.165) is 34.1 Å². The molecule has 3 nitrogen and oxygen atoms in total. The third-order valence-electron chi connectivity index (χ3n) is 3.46. The van der Waals surface area contributed by atoms with Crippen LogP contribution in [0.4, 0.5) is 5.69 Å². The van der Waals surface area contributed by atoms with E-state index in [0.29, 0.717) is 6.54 Å². The van der Waals surface area contributed by atoms with Gasteiger partial charge in [0.2, 0.25) is 0 Å². The van der Waals surface area contributed by atoms with E-state index in [4.69, 9.17) is 0 Å². The predicted molar refractivity (Wildman–Crippen MR) is 78.7 cm³/mol. The van der Waals surface area contributed by atoms with Crippen molar-refractivity contribution < 1.29 is 4.79 Å². The molecule has 1 aliphatic heterocycles. The van der Waals surface area contributed by atoms with Gasteiger partial charge in [-0.3, -0.25) is 4.79 Å². The van der Waals surface area contributed by atoms with E-state index in [1.807, 2.05) is 48.3 Å². The molecule has 0 unspecified atom stereocenters. The highest BCUT2D eigenvalue weighted by molar-refractivity contribution is 6.25. The number of amides is 1. The maximum absolute atomic E-state index is 12.5. The van der Waals surface area contributed by atoms with Gasteiger partial charge in [-0.15, -0.1) is 0 Å². The quantitative estimate of drug-likeness (QED) is 0.848. The molecule has 0 fully saturated rings. The van der Waals surface area contributed by atoms with Gasteiger partial charge in [-0.05, 0) is 30.1 Å². The first-order chi connectivity index (χ1) is 9.22. The third-order valence-corrected chi connectivity index (χ3v) is 3.46. The minimum Gasteiger partial charge on any atom is -0.316 e. The van der Waals surface area contributed by atoms with Crippen LogP contribution in [0.5, 0.6) is 0 Å². The number of nitrogens with zero attached hydrogens (tertiary/aromatic N) is 1. The van der Waals surface area contributed by atoms with Crippen LogP contribution in [-0.2, 0) is 0 Å². The summed E-state index contributed by atoms with van der Waals surface area (Å²) in [7, 11) is 1.88. The molecule has 3 rings (SSSR count). The summed E-state index contributed by atoms with van der Waals surface area (Å²) in [6.45, 7) is 5.29. The Kier molecular flexibility index (Phi) is 2.84. The van der Waals surface area contributed by atoms with Crippen molar-refractivity contribution in [3.63, 3.8) is 0 Å². The Morgan fingerprint density at radius 3 is 2.74 bits per heavy atom. The summed E-state index contributed by atoms with van der Waals surface area (Å²) in [4.78, 5) is 14.3. The average molecular weight is 252 g/mol. The molecule has 1 amide bonds. The number of benzene rings is 2. The van der Waals surface area contributed by atoms with Crippen molar-refractivity contribution in [3.8, 4) is 0 Å². The minimum absolute atomic E-state index is 0.0732. The number of rotatable bonds is 4. The van der Waals surface area contributed by atoms with E-state index in [1.54, 1.807) is 0 Å². The molecule has 0 spiro atoms. The molecule has 0 bridgehead atoms. The van der Waals surface area contributed by atoms with Crippen molar-refractivity contribution in [3.05, 3.63) is 54.1 Å². The van der Waals surface area contributed by atoms with Crippen LogP contribution in [0.15, 0.2) is 48.6 Å². The van der Waals surface area contributed by atoms with Crippen LogP contribution in [0.1, 0.15) is 10.4 Å². The highest BCUT2D eigenvalue weighted by atomic mass is 16.2. The summed E-state index contributed by atoms with van der Waals surface area (Å²) in [5.74, 6) is 0.0732. The van der Waals surface area contributed by atoms with Crippen LogP contribution in [0.3, 0.4) is 0 Å². The molecule has 0 aromatic heterocycles. The Balaban J connectivity index is 2.05. The second kappa shape index (κ2) is 4.52. The van der Waals surface area contributed by atoms with Gasteiger partial charge < -0.3 is 10.2 Å². The van der Waals surface area contributed by atoms with Crippen molar-refractivity contribution in [2.45, 2.75) is 0 Å². The summed E-state index contributed by atoms with van der Waals surface area (Å²) >= 11 is 0. The normalized spacial score (nSPS) is 13.3. The van der Waals surface area contributed by atoms with Crippen molar-refractivity contribution >= 4 is 22.4 Å². The maximum atomic E-state index is 12.5. The first-order valence-electron chi connectivity index (χ1n) is 6.37. The molecule has 0 radical (unpaired) electrons. The van der Waals surface area contributed by atoms with E-state index < -0.39 is 0 Å². The van der Waals surface area contributed by atoms with Gasteiger partial charge in [0.1, 0.15) is 0 Å². The monoisotopic (exact) mass is 252 g/mol. The minimum atomic E-state index is 0.0732. The number of hydrogen-bond acceptors (Lipinski definition) is 2. The van der Waals surface area contributed by atoms with E-state index in [2.05, 4.69) is 11.9 Å². The van der Waals surface area contributed by atoms with Gasteiger partial charge in [-0.1, -0.05) is 30.8 Å². The zero-order valence-electron chi connectivity index (χ0n) is 10.9. The molecule has 19 heavy (non-hydrogen) atoms. The standard InChI is InChI=1S/C16H16N2O/c1-11(9-17-2)10-18-14-8-4-6-12-5-3-7-13(15(12)14)16(18)19/h3-8,17H,1,9-10H2,2H3. The number of likely N-dealkylation sites (N-methyl/N-ethyl adjacent to an activating group) is 1. The fourth-order valence-corrected chi connectivity index (χ4v) is 2.67. The van der Waals surface area contributed by atoms with Crippen molar-refractivity contribution in [2.24, 2.45) is 0 Å². The molecule has 3 heteroatoms. The van der Waals surface area contributed by atoms with Gasteiger partial charge in [-0.25, -0.2) is 0 Å². The predicted octanol–water partition coefficient (Wildman–Crippen LogP) is 2.58. The Labute approximate surface area is 112 Å². The van der Waals surface area contributed by atoms with Gasteiger partial charge in [-0.2, -0.15) is 0 Å². The van der Waals surface area contributed by atoms with E-state index in [9.17, 15) is 4.79 Å². The zero-order valence-corrected chi connectivity index (χ0v) is 10.9. The third kappa shape index (κ3) is 1.83. The Bertz CT molecular complexity index is 670. The Morgan fingerprint density at radius 2 is 2.00 bits per heavy atom. The number of anilines is 1. The summed E-state index contributed by atoms with van der Waals surface area (Å²) < 4.78 is 0. The van der Waals surface area contributed by atoms with E-state index in [1.165, 1.54) is 0 Å². The molecular formula is C16H16N2O. The summed E-state index contributed by atoms with van der Waals surface area (Å²) in [6.07, 6.45) is 0. The van der Waals surface area contributed by atoms with Gasteiger partial charge in [0.15, 0.2) is 0 Å². The molecule has 0 saturated heterocycles. The lowest BCUT2D eigenvalue weighted by Gasteiger charge is -2.19. The lowest BCUT2D eigenvalue weighted by molar-refractivity contribution is 0.0995. The lowest BCUT2D eigenvalue weighted by Crippen LogP contribution is -2.30. The summed E-state index contributed by atoms with van der Waals surface area (Å²) in [5, 5.41) is 5.24.